The van der Waals surface area contributed by atoms with Crippen molar-refractivity contribution < 1.29 is 19.0 Å². The molecule has 0 amide bonds. The number of aliphatic hydroxyl groups is 1. The lowest BCUT2D eigenvalue weighted by Crippen LogP contribution is -1.96. The summed E-state index contributed by atoms with van der Waals surface area (Å²) < 4.78 is 24.5. The topological polar surface area (TPSA) is 38.7 Å². The Kier molecular flexibility index (Phi) is 3.11. The predicted molar refractivity (Wildman–Crippen MR) is 55.6 cm³/mol. The van der Waals surface area contributed by atoms with E-state index >= 15 is 0 Å². The van der Waals surface area contributed by atoms with Gasteiger partial charge in [-0.25, -0.2) is 4.39 Å². The van der Waals surface area contributed by atoms with Crippen LogP contribution < -0.4 is 9.47 Å². The van der Waals surface area contributed by atoms with Crippen LogP contribution in [0.3, 0.4) is 0 Å². The van der Waals surface area contributed by atoms with E-state index in [1.165, 1.54) is 6.07 Å². The van der Waals surface area contributed by atoms with Gasteiger partial charge in [0, 0.05) is 18.2 Å². The quantitative estimate of drug-likeness (QED) is 0.920. The molecule has 0 atom stereocenters. The van der Waals surface area contributed by atoms with Crippen LogP contribution in [0.1, 0.15) is 12.0 Å². The van der Waals surface area contributed by atoms with E-state index in [9.17, 15) is 4.39 Å². The van der Waals surface area contributed by atoms with Crippen molar-refractivity contribution in [2.75, 3.05) is 13.4 Å². The largest absolute Gasteiger partial charge is 0.453 e. The van der Waals surface area contributed by atoms with Crippen molar-refractivity contribution in [3.8, 4) is 11.5 Å². The Balaban J connectivity index is 2.37. The second kappa shape index (κ2) is 4.37. The van der Waals surface area contributed by atoms with Crippen molar-refractivity contribution in [2.45, 2.75) is 12.8 Å². The number of benzene rings is 1. The molecule has 1 aromatic rings. The lowest BCUT2D eigenvalue weighted by Gasteiger charge is -2.07. The van der Waals surface area contributed by atoms with Crippen LogP contribution >= 0.6 is 15.9 Å². The smallest absolute Gasteiger partial charge is 0.231 e. The van der Waals surface area contributed by atoms with Crippen LogP contribution in [-0.4, -0.2) is 18.5 Å². The number of rotatable bonds is 3. The minimum atomic E-state index is -0.334. The molecule has 0 bridgehead atoms. The van der Waals surface area contributed by atoms with Gasteiger partial charge in [0.1, 0.15) is 5.82 Å². The van der Waals surface area contributed by atoms with Crippen molar-refractivity contribution in [1.29, 1.82) is 0 Å². The van der Waals surface area contributed by atoms with Gasteiger partial charge in [0.25, 0.3) is 0 Å². The zero-order valence-corrected chi connectivity index (χ0v) is 9.51. The first kappa shape index (κ1) is 10.7. The van der Waals surface area contributed by atoms with Gasteiger partial charge in [-0.05, 0) is 28.8 Å². The Morgan fingerprint density at radius 2 is 2.27 bits per heavy atom. The molecule has 1 aromatic carbocycles. The number of ether oxygens (including phenoxy) is 2. The van der Waals surface area contributed by atoms with Crippen LogP contribution in [-0.2, 0) is 6.42 Å². The summed E-state index contributed by atoms with van der Waals surface area (Å²) in [7, 11) is 0. The monoisotopic (exact) mass is 276 g/mol. The maximum Gasteiger partial charge on any atom is 0.231 e. The van der Waals surface area contributed by atoms with E-state index in [-0.39, 0.29) is 19.2 Å². The van der Waals surface area contributed by atoms with E-state index in [2.05, 4.69) is 15.9 Å². The molecule has 2 rings (SSSR count). The highest BCUT2D eigenvalue weighted by Crippen LogP contribution is 2.42. The summed E-state index contributed by atoms with van der Waals surface area (Å²) in [4.78, 5) is 0. The van der Waals surface area contributed by atoms with E-state index < -0.39 is 0 Å². The molecule has 1 N–H and O–H groups in total. The highest BCUT2D eigenvalue weighted by atomic mass is 79.9. The molecule has 1 aliphatic heterocycles. The summed E-state index contributed by atoms with van der Waals surface area (Å²) in [5, 5.41) is 8.71. The lowest BCUT2D eigenvalue weighted by atomic mass is 10.1. The molecule has 0 spiro atoms. The van der Waals surface area contributed by atoms with E-state index in [0.29, 0.717) is 34.4 Å². The minimum Gasteiger partial charge on any atom is -0.453 e. The fourth-order valence-corrected chi connectivity index (χ4v) is 2.19. The summed E-state index contributed by atoms with van der Waals surface area (Å²) in [5.41, 5.74) is 0.522. The van der Waals surface area contributed by atoms with Gasteiger partial charge in [0.05, 0.1) is 4.47 Å². The Hall–Kier alpha value is -0.810. The number of halogens is 2. The third-order valence-electron chi connectivity index (χ3n) is 2.24. The molecule has 0 saturated heterocycles. The van der Waals surface area contributed by atoms with Gasteiger partial charge < -0.3 is 14.6 Å². The van der Waals surface area contributed by atoms with Gasteiger partial charge in [-0.3, -0.25) is 0 Å². The Morgan fingerprint density at radius 1 is 1.47 bits per heavy atom. The van der Waals surface area contributed by atoms with E-state index in [4.69, 9.17) is 14.6 Å². The third-order valence-corrected chi connectivity index (χ3v) is 3.08. The van der Waals surface area contributed by atoms with E-state index in [1.54, 1.807) is 0 Å². The fourth-order valence-electron chi connectivity index (χ4n) is 1.50. The number of hydrogen-bond donors (Lipinski definition) is 1. The van der Waals surface area contributed by atoms with Crippen molar-refractivity contribution in [3.05, 3.63) is 21.9 Å². The van der Waals surface area contributed by atoms with Crippen LogP contribution in [0.5, 0.6) is 11.5 Å². The Morgan fingerprint density at radius 3 is 3.00 bits per heavy atom. The summed E-state index contributed by atoms with van der Waals surface area (Å²) in [6.07, 6.45) is 0.995. The van der Waals surface area contributed by atoms with E-state index in [1.807, 2.05) is 0 Å². The molecule has 0 saturated carbocycles. The number of hydrogen-bond acceptors (Lipinski definition) is 3. The van der Waals surface area contributed by atoms with Crippen LogP contribution in [0.4, 0.5) is 4.39 Å². The Bertz CT molecular complexity index is 381. The SMILES string of the molecule is OCCCc1c(F)cc2c(c1Br)OCO2. The zero-order valence-electron chi connectivity index (χ0n) is 7.93. The highest BCUT2D eigenvalue weighted by Gasteiger charge is 2.22. The molecule has 3 nitrogen and oxygen atoms in total. The molecule has 1 aliphatic rings. The molecule has 82 valence electrons. The third kappa shape index (κ3) is 1.94. The summed E-state index contributed by atoms with van der Waals surface area (Å²) in [6.45, 7) is 0.164. The molecule has 0 radical (unpaired) electrons. The van der Waals surface area contributed by atoms with Crippen molar-refractivity contribution >= 4 is 15.9 Å². The molecule has 1 heterocycles. The van der Waals surface area contributed by atoms with Crippen molar-refractivity contribution in [2.24, 2.45) is 0 Å². The van der Waals surface area contributed by atoms with Crippen LogP contribution in [0.2, 0.25) is 0 Å². The van der Waals surface area contributed by atoms with Gasteiger partial charge in [-0.1, -0.05) is 0 Å². The molecule has 0 fully saturated rings. The van der Waals surface area contributed by atoms with Crippen LogP contribution in [0, 0.1) is 5.82 Å². The van der Waals surface area contributed by atoms with Gasteiger partial charge in [-0.2, -0.15) is 0 Å². The second-order valence-corrected chi connectivity index (χ2v) is 4.00. The normalized spacial score (nSPS) is 13.3. The molecule has 0 aliphatic carbocycles. The van der Waals surface area contributed by atoms with Crippen molar-refractivity contribution in [1.82, 2.24) is 0 Å². The number of fused-ring (bicyclic) bond motifs is 1. The van der Waals surface area contributed by atoms with Crippen LogP contribution in [0.25, 0.3) is 0 Å². The molecule has 0 aromatic heterocycles. The summed E-state index contributed by atoms with van der Waals surface area (Å²) in [5.74, 6) is 0.635. The first-order chi connectivity index (χ1) is 7.24. The average Bonchev–Trinajstić information content (AvgIpc) is 2.65. The minimum absolute atomic E-state index is 0.0420. The van der Waals surface area contributed by atoms with E-state index in [0.717, 1.165) is 0 Å². The van der Waals surface area contributed by atoms with Crippen LogP contribution in [0.15, 0.2) is 10.5 Å². The van der Waals surface area contributed by atoms with Gasteiger partial charge in [-0.15, -0.1) is 0 Å². The number of aliphatic hydroxyl groups excluding tert-OH is 1. The fraction of sp³-hybridized carbons (Fsp3) is 0.400. The highest BCUT2D eigenvalue weighted by molar-refractivity contribution is 9.10. The zero-order chi connectivity index (χ0) is 10.8. The first-order valence-electron chi connectivity index (χ1n) is 4.61. The average molecular weight is 277 g/mol. The molecular formula is C10H10BrFO3. The molecule has 15 heavy (non-hydrogen) atoms. The second-order valence-electron chi connectivity index (χ2n) is 3.21. The predicted octanol–water partition coefficient (Wildman–Crippen LogP) is 2.24. The van der Waals surface area contributed by atoms with Crippen molar-refractivity contribution in [3.63, 3.8) is 0 Å². The standard InChI is InChI=1S/C10H10BrFO3/c11-9-6(2-1-3-13)7(12)4-8-10(9)15-5-14-8/h4,13H,1-3,5H2. The Labute approximate surface area is 94.9 Å². The lowest BCUT2D eigenvalue weighted by molar-refractivity contribution is 0.173. The summed E-state index contributed by atoms with van der Waals surface area (Å²) in [6, 6.07) is 1.32. The molecular weight excluding hydrogens is 267 g/mol. The van der Waals surface area contributed by atoms with Gasteiger partial charge in [0.2, 0.25) is 6.79 Å². The maximum atomic E-state index is 13.6. The molecule has 0 unspecified atom stereocenters. The van der Waals surface area contributed by atoms with Gasteiger partial charge >= 0.3 is 0 Å². The van der Waals surface area contributed by atoms with Gasteiger partial charge in [0.15, 0.2) is 11.5 Å². The summed E-state index contributed by atoms with van der Waals surface area (Å²) >= 11 is 3.29. The first-order valence-corrected chi connectivity index (χ1v) is 5.40. The maximum absolute atomic E-state index is 13.6. The molecule has 5 heteroatoms.